The van der Waals surface area contributed by atoms with Crippen molar-refractivity contribution in [3.63, 3.8) is 0 Å². The van der Waals surface area contributed by atoms with Crippen LogP contribution in [-0.4, -0.2) is 34.9 Å². The molecule has 0 aliphatic rings. The van der Waals surface area contributed by atoms with Crippen LogP contribution in [0.1, 0.15) is 16.2 Å². The van der Waals surface area contributed by atoms with Crippen molar-refractivity contribution in [1.29, 1.82) is 0 Å². The molecule has 0 radical (unpaired) electrons. The molecule has 0 saturated carbocycles. The summed E-state index contributed by atoms with van der Waals surface area (Å²) in [6.45, 7) is 0.591. The molecule has 1 aromatic rings. The highest BCUT2D eigenvalue weighted by Gasteiger charge is 2.10. The zero-order chi connectivity index (χ0) is 10.7. The predicted molar refractivity (Wildman–Crippen MR) is 52.4 cm³/mol. The third-order valence-corrected chi connectivity index (χ3v) is 1.56. The third-order valence-electron chi connectivity index (χ3n) is 1.56. The fourth-order valence-corrected chi connectivity index (χ4v) is 1.02. The quantitative estimate of drug-likeness (QED) is 0.659. The lowest BCUT2D eigenvalue weighted by Gasteiger charge is -2.09. The minimum Gasteiger partial charge on any atom is -0.382 e. The van der Waals surface area contributed by atoms with E-state index < -0.39 is 5.91 Å². The average molecular weight is 195 g/mol. The zero-order valence-electron chi connectivity index (χ0n) is 8.19. The van der Waals surface area contributed by atoms with Crippen LogP contribution in [0, 0.1) is 0 Å². The highest BCUT2D eigenvalue weighted by atomic mass is 16.1. The number of amides is 1. The summed E-state index contributed by atoms with van der Waals surface area (Å²) in [7, 11) is 3.78. The molecule has 0 atom stereocenters. The Labute approximate surface area is 81.9 Å². The number of hydrogen-bond donors (Lipinski definition) is 2. The molecule has 1 aromatic heterocycles. The first-order chi connectivity index (χ1) is 6.50. The number of nitrogens with two attached hydrogens (primary N) is 2. The summed E-state index contributed by atoms with van der Waals surface area (Å²) in [5.74, 6) is -0.587. The van der Waals surface area contributed by atoms with Gasteiger partial charge in [0.15, 0.2) is 11.5 Å². The lowest BCUT2D eigenvalue weighted by Crippen LogP contribution is -2.19. The molecule has 1 heterocycles. The summed E-state index contributed by atoms with van der Waals surface area (Å²) in [6.07, 6.45) is 1.53. The molecule has 1 amide bonds. The van der Waals surface area contributed by atoms with Crippen molar-refractivity contribution in [2.75, 3.05) is 19.8 Å². The molecule has 0 aliphatic carbocycles. The number of carbonyl (C=O) groups is 1. The lowest BCUT2D eigenvalue weighted by molar-refractivity contribution is 0.0995. The van der Waals surface area contributed by atoms with Gasteiger partial charge in [0.05, 0.1) is 11.9 Å². The molecule has 1 rings (SSSR count). The Bertz CT molecular complexity index is 350. The summed E-state index contributed by atoms with van der Waals surface area (Å²) < 4.78 is 0. The van der Waals surface area contributed by atoms with E-state index >= 15 is 0 Å². The number of rotatable bonds is 3. The first kappa shape index (κ1) is 10.4. The van der Waals surface area contributed by atoms with Gasteiger partial charge in [0, 0.05) is 6.54 Å². The van der Waals surface area contributed by atoms with Gasteiger partial charge in [-0.15, -0.1) is 0 Å². The molecule has 0 bridgehead atoms. The smallest absolute Gasteiger partial charge is 0.271 e. The maximum atomic E-state index is 10.9. The van der Waals surface area contributed by atoms with E-state index in [9.17, 15) is 4.79 Å². The fraction of sp³-hybridized carbons (Fsp3) is 0.375. The molecule has 0 fully saturated rings. The first-order valence-corrected chi connectivity index (χ1v) is 4.06. The zero-order valence-corrected chi connectivity index (χ0v) is 8.19. The van der Waals surface area contributed by atoms with Crippen molar-refractivity contribution in [3.8, 4) is 0 Å². The van der Waals surface area contributed by atoms with Gasteiger partial charge in [-0.3, -0.25) is 4.79 Å². The van der Waals surface area contributed by atoms with E-state index in [0.717, 1.165) is 0 Å². The number of primary amides is 1. The van der Waals surface area contributed by atoms with Gasteiger partial charge >= 0.3 is 0 Å². The molecule has 0 aliphatic heterocycles. The van der Waals surface area contributed by atoms with Crippen LogP contribution in [0.2, 0.25) is 0 Å². The molecule has 0 unspecified atom stereocenters. The molecule has 0 saturated heterocycles. The summed E-state index contributed by atoms with van der Waals surface area (Å²) in [5.41, 5.74) is 11.2. The lowest BCUT2D eigenvalue weighted by atomic mass is 10.3. The van der Waals surface area contributed by atoms with Crippen LogP contribution in [0.15, 0.2) is 6.20 Å². The fourth-order valence-electron chi connectivity index (χ4n) is 1.02. The number of aromatic nitrogens is 2. The minimum absolute atomic E-state index is 0.0318. The van der Waals surface area contributed by atoms with Crippen molar-refractivity contribution in [2.45, 2.75) is 6.54 Å². The summed E-state index contributed by atoms with van der Waals surface area (Å²) in [6, 6.07) is 0. The Balaban J connectivity index is 3.00. The van der Waals surface area contributed by atoms with Crippen molar-refractivity contribution >= 4 is 11.7 Å². The Kier molecular flexibility index (Phi) is 2.98. The second-order valence-corrected chi connectivity index (χ2v) is 3.20. The van der Waals surface area contributed by atoms with Gasteiger partial charge in [-0.25, -0.2) is 9.97 Å². The second kappa shape index (κ2) is 4.01. The normalized spacial score (nSPS) is 10.5. The van der Waals surface area contributed by atoms with E-state index in [2.05, 4.69) is 9.97 Å². The number of nitrogen functional groups attached to an aromatic ring is 1. The number of nitrogens with zero attached hydrogens (tertiary/aromatic N) is 3. The van der Waals surface area contributed by atoms with Crippen molar-refractivity contribution in [3.05, 3.63) is 17.6 Å². The number of hydrogen-bond acceptors (Lipinski definition) is 5. The van der Waals surface area contributed by atoms with Gasteiger partial charge in [-0.1, -0.05) is 0 Å². The SMILES string of the molecule is CN(C)Cc1cnc(N)c(C(N)=O)n1. The van der Waals surface area contributed by atoms with Crippen LogP contribution in [0.3, 0.4) is 0 Å². The van der Waals surface area contributed by atoms with E-state index in [1.165, 1.54) is 6.20 Å². The second-order valence-electron chi connectivity index (χ2n) is 3.20. The molecule has 0 spiro atoms. The average Bonchev–Trinajstić information content (AvgIpc) is 2.07. The van der Waals surface area contributed by atoms with Crippen LogP contribution >= 0.6 is 0 Å². The molecule has 0 aromatic carbocycles. The van der Waals surface area contributed by atoms with Crippen molar-refractivity contribution in [1.82, 2.24) is 14.9 Å². The van der Waals surface area contributed by atoms with Gasteiger partial charge < -0.3 is 16.4 Å². The van der Waals surface area contributed by atoms with Gasteiger partial charge in [0.1, 0.15) is 0 Å². The minimum atomic E-state index is -0.657. The largest absolute Gasteiger partial charge is 0.382 e. The molecular formula is C8H13N5O. The van der Waals surface area contributed by atoms with Gasteiger partial charge in [-0.2, -0.15) is 0 Å². The molecule has 14 heavy (non-hydrogen) atoms. The summed E-state index contributed by atoms with van der Waals surface area (Å²) in [5, 5.41) is 0. The molecule has 76 valence electrons. The van der Waals surface area contributed by atoms with Gasteiger partial charge in [0.2, 0.25) is 0 Å². The topological polar surface area (TPSA) is 98.1 Å². The Morgan fingerprint density at radius 3 is 2.71 bits per heavy atom. The van der Waals surface area contributed by atoms with Gasteiger partial charge in [0.25, 0.3) is 5.91 Å². The summed E-state index contributed by atoms with van der Waals surface area (Å²) >= 11 is 0. The number of carbonyl (C=O) groups excluding carboxylic acids is 1. The highest BCUT2D eigenvalue weighted by molar-refractivity contribution is 5.94. The van der Waals surface area contributed by atoms with E-state index in [1.807, 2.05) is 19.0 Å². The van der Waals surface area contributed by atoms with E-state index in [-0.39, 0.29) is 11.5 Å². The molecule has 6 nitrogen and oxygen atoms in total. The Morgan fingerprint density at radius 2 is 2.21 bits per heavy atom. The highest BCUT2D eigenvalue weighted by Crippen LogP contribution is 2.05. The number of anilines is 1. The maximum absolute atomic E-state index is 10.9. The predicted octanol–water partition coefficient (Wildman–Crippen LogP) is -0.781. The van der Waals surface area contributed by atoms with E-state index in [4.69, 9.17) is 11.5 Å². The van der Waals surface area contributed by atoms with E-state index in [1.54, 1.807) is 0 Å². The van der Waals surface area contributed by atoms with Crippen LogP contribution in [0.25, 0.3) is 0 Å². The maximum Gasteiger partial charge on any atom is 0.271 e. The molecule has 4 N–H and O–H groups in total. The molecular weight excluding hydrogens is 182 g/mol. The Morgan fingerprint density at radius 1 is 1.57 bits per heavy atom. The first-order valence-electron chi connectivity index (χ1n) is 4.06. The monoisotopic (exact) mass is 195 g/mol. The van der Waals surface area contributed by atoms with Crippen LogP contribution < -0.4 is 11.5 Å². The van der Waals surface area contributed by atoms with Crippen LogP contribution in [-0.2, 0) is 6.54 Å². The van der Waals surface area contributed by atoms with Crippen molar-refractivity contribution < 1.29 is 4.79 Å². The summed E-state index contributed by atoms with van der Waals surface area (Å²) in [4.78, 5) is 20.6. The van der Waals surface area contributed by atoms with Crippen LogP contribution in [0.5, 0.6) is 0 Å². The van der Waals surface area contributed by atoms with Crippen LogP contribution in [0.4, 0.5) is 5.82 Å². The van der Waals surface area contributed by atoms with Crippen molar-refractivity contribution in [2.24, 2.45) is 5.73 Å². The van der Waals surface area contributed by atoms with Gasteiger partial charge in [-0.05, 0) is 14.1 Å². The Hall–Kier alpha value is -1.69. The molecule has 6 heteroatoms. The van der Waals surface area contributed by atoms with E-state index in [0.29, 0.717) is 12.2 Å². The standard InChI is InChI=1S/C8H13N5O/c1-13(2)4-5-3-11-7(9)6(12-5)8(10)14/h3H,4H2,1-2H3,(H2,9,11)(H2,10,14). The third kappa shape index (κ3) is 2.40.